The lowest BCUT2D eigenvalue weighted by Crippen LogP contribution is -2.30. The van der Waals surface area contributed by atoms with E-state index < -0.39 is 0 Å². The summed E-state index contributed by atoms with van der Waals surface area (Å²) in [6, 6.07) is 0.102. The molecule has 1 aliphatic heterocycles. The molecule has 1 unspecified atom stereocenters. The third-order valence-corrected chi connectivity index (χ3v) is 8.84. The second-order valence-corrected chi connectivity index (χ2v) is 11.8. The summed E-state index contributed by atoms with van der Waals surface area (Å²) in [5.41, 5.74) is 3.80. The van der Waals surface area contributed by atoms with Gasteiger partial charge in [-0.15, -0.1) is 21.5 Å². The number of rotatable bonds is 7. The average Bonchev–Trinajstić information content (AvgIpc) is 3.79. The number of aliphatic imine (C=N–C) groups is 1. The highest BCUT2D eigenvalue weighted by Gasteiger charge is 2.35. The van der Waals surface area contributed by atoms with Crippen molar-refractivity contribution in [3.05, 3.63) is 34.1 Å². The molecule has 190 valence electrons. The normalized spacial score (nSPS) is 24.6. The van der Waals surface area contributed by atoms with Crippen molar-refractivity contribution in [3.63, 3.8) is 0 Å². The second-order valence-electron chi connectivity index (χ2n) is 10.7. The van der Waals surface area contributed by atoms with E-state index in [1.807, 2.05) is 6.92 Å². The summed E-state index contributed by atoms with van der Waals surface area (Å²) in [5.74, 6) is 1.54. The molecule has 3 aliphatic carbocycles. The van der Waals surface area contributed by atoms with Gasteiger partial charge in [-0.2, -0.15) is 0 Å². The zero-order valence-electron chi connectivity index (χ0n) is 20.8. The van der Waals surface area contributed by atoms with Crippen molar-refractivity contribution in [2.45, 2.75) is 64.8 Å². The van der Waals surface area contributed by atoms with Gasteiger partial charge in [0.2, 0.25) is 5.91 Å². The maximum Gasteiger partial charge on any atom is 0.254 e. The molecule has 2 fully saturated rings. The van der Waals surface area contributed by atoms with Crippen LogP contribution in [-0.2, 0) is 17.6 Å². The molecule has 9 nitrogen and oxygen atoms in total. The molecule has 2 amide bonds. The molecular formula is C26H33N7O2S. The maximum absolute atomic E-state index is 13.4. The molecule has 4 aliphatic rings. The summed E-state index contributed by atoms with van der Waals surface area (Å²) in [5, 5.41) is 18.8. The van der Waals surface area contributed by atoms with Crippen molar-refractivity contribution in [2.24, 2.45) is 22.7 Å². The number of hydrogen-bond acceptors (Lipinski definition) is 7. The number of nitrogens with zero attached hydrogens (tertiary/aromatic N) is 4. The van der Waals surface area contributed by atoms with Gasteiger partial charge in [0.1, 0.15) is 11.3 Å². The molecule has 6 rings (SSSR count). The minimum absolute atomic E-state index is 0.0396. The number of anilines is 1. The van der Waals surface area contributed by atoms with E-state index in [9.17, 15) is 9.59 Å². The zero-order chi connectivity index (χ0) is 24.8. The molecule has 0 aromatic carbocycles. The van der Waals surface area contributed by atoms with E-state index in [4.69, 9.17) is 4.99 Å². The van der Waals surface area contributed by atoms with Gasteiger partial charge in [0.05, 0.1) is 11.3 Å². The van der Waals surface area contributed by atoms with Crippen LogP contribution in [0, 0.1) is 17.8 Å². The van der Waals surface area contributed by atoms with E-state index in [1.54, 1.807) is 17.7 Å². The molecule has 3 heterocycles. The summed E-state index contributed by atoms with van der Waals surface area (Å²) < 4.78 is 2.06. The number of hydrogen-bond donors (Lipinski definition) is 3. The van der Waals surface area contributed by atoms with Crippen molar-refractivity contribution >= 4 is 39.8 Å². The summed E-state index contributed by atoms with van der Waals surface area (Å²) in [6.07, 6.45) is 10.5. The number of nitrogens with one attached hydrogen (secondary N) is 3. The Morgan fingerprint density at radius 1 is 1.25 bits per heavy atom. The van der Waals surface area contributed by atoms with Crippen LogP contribution in [0.25, 0.3) is 0 Å². The van der Waals surface area contributed by atoms with Gasteiger partial charge in [-0.05, 0) is 69.4 Å². The molecule has 36 heavy (non-hydrogen) atoms. The predicted octanol–water partition coefficient (Wildman–Crippen LogP) is 3.77. The Morgan fingerprint density at radius 2 is 2.08 bits per heavy atom. The minimum atomic E-state index is -0.0699. The van der Waals surface area contributed by atoms with Gasteiger partial charge in [-0.25, -0.2) is 4.99 Å². The Morgan fingerprint density at radius 3 is 2.86 bits per heavy atom. The number of carbonyl (C=O) groups excluding carboxylic acids is 2. The monoisotopic (exact) mass is 507 g/mol. The van der Waals surface area contributed by atoms with E-state index >= 15 is 0 Å². The summed E-state index contributed by atoms with van der Waals surface area (Å²) in [4.78, 5) is 32.0. The lowest BCUT2D eigenvalue weighted by atomic mass is 9.91. The Hall–Kier alpha value is -3.01. The van der Waals surface area contributed by atoms with Crippen LogP contribution < -0.4 is 16.0 Å². The first-order valence-corrected chi connectivity index (χ1v) is 13.9. The van der Waals surface area contributed by atoms with Crippen LogP contribution in [0.3, 0.4) is 0 Å². The molecule has 0 radical (unpaired) electrons. The van der Waals surface area contributed by atoms with Crippen LogP contribution in [-0.4, -0.2) is 45.4 Å². The molecule has 2 atom stereocenters. The summed E-state index contributed by atoms with van der Waals surface area (Å²) >= 11 is 1.57. The van der Waals surface area contributed by atoms with Crippen LogP contribution in [0.5, 0.6) is 0 Å². The van der Waals surface area contributed by atoms with Gasteiger partial charge >= 0.3 is 0 Å². The van der Waals surface area contributed by atoms with E-state index in [-0.39, 0.29) is 29.7 Å². The first kappa shape index (κ1) is 23.4. The van der Waals surface area contributed by atoms with Gasteiger partial charge in [0, 0.05) is 41.5 Å². The molecule has 0 saturated heterocycles. The van der Waals surface area contributed by atoms with E-state index in [0.717, 1.165) is 49.2 Å². The number of aromatic nitrogens is 3. The second kappa shape index (κ2) is 9.46. The standard InChI is InChI=1S/C26H33N7O2S/c1-14-11-27-15(2)9-20(14)30-26-32-29-13-33(26)18-7-8-21-19(10-18)22(24(35)28-12-16-3-4-16)25(36-21)31-23(34)17-5-6-17/h9,13-14,16-18,27H,3-8,10-12H2,1-2H3,(H,28,35)(H,31,34)/t14?,18-/m1/s1. The summed E-state index contributed by atoms with van der Waals surface area (Å²) in [6.45, 7) is 5.75. The van der Waals surface area contributed by atoms with Crippen molar-refractivity contribution in [2.75, 3.05) is 18.4 Å². The number of amides is 2. The smallest absolute Gasteiger partial charge is 0.254 e. The average molecular weight is 508 g/mol. The lowest BCUT2D eigenvalue weighted by Gasteiger charge is -2.25. The van der Waals surface area contributed by atoms with Gasteiger partial charge in [-0.1, -0.05) is 6.92 Å². The van der Waals surface area contributed by atoms with Crippen molar-refractivity contribution in [3.8, 4) is 0 Å². The van der Waals surface area contributed by atoms with Gasteiger partial charge in [0.15, 0.2) is 0 Å². The molecule has 2 aromatic rings. The van der Waals surface area contributed by atoms with Crippen molar-refractivity contribution in [1.29, 1.82) is 0 Å². The third kappa shape index (κ3) is 4.83. The first-order chi connectivity index (χ1) is 17.5. The fourth-order valence-corrected chi connectivity index (χ4v) is 6.25. The van der Waals surface area contributed by atoms with Crippen LogP contribution in [0.4, 0.5) is 10.9 Å². The quantitative estimate of drug-likeness (QED) is 0.528. The third-order valence-electron chi connectivity index (χ3n) is 7.63. The number of carbonyl (C=O) groups is 2. The number of aryl methyl sites for hydroxylation is 1. The number of thiophene rings is 1. The minimum Gasteiger partial charge on any atom is -0.388 e. The zero-order valence-corrected chi connectivity index (χ0v) is 21.7. The van der Waals surface area contributed by atoms with E-state index in [2.05, 4.69) is 43.7 Å². The Labute approximate surface area is 214 Å². The molecular weight excluding hydrogens is 474 g/mol. The highest BCUT2D eigenvalue weighted by molar-refractivity contribution is 7.17. The molecule has 2 saturated carbocycles. The highest BCUT2D eigenvalue weighted by atomic mass is 32.1. The Kier molecular flexibility index (Phi) is 6.15. The highest BCUT2D eigenvalue weighted by Crippen LogP contribution is 2.43. The summed E-state index contributed by atoms with van der Waals surface area (Å²) in [7, 11) is 0. The molecule has 2 aromatic heterocycles. The van der Waals surface area contributed by atoms with Gasteiger partial charge in [-0.3, -0.25) is 14.2 Å². The predicted molar refractivity (Wildman–Crippen MR) is 140 cm³/mol. The molecule has 0 bridgehead atoms. The SMILES string of the molecule is CC1=CC(=Nc2nncn2[C@@H]2CCc3sc(NC(=O)C4CC4)c(C(=O)NCC4CC4)c3C2)C(C)CN1. The largest absolute Gasteiger partial charge is 0.388 e. The van der Waals surface area contributed by atoms with Crippen molar-refractivity contribution in [1.82, 2.24) is 25.4 Å². The van der Waals surface area contributed by atoms with Gasteiger partial charge < -0.3 is 16.0 Å². The fourth-order valence-electron chi connectivity index (χ4n) is 5.00. The lowest BCUT2D eigenvalue weighted by molar-refractivity contribution is -0.117. The topological polar surface area (TPSA) is 113 Å². The molecule has 0 spiro atoms. The van der Waals surface area contributed by atoms with E-state index in [0.29, 0.717) is 35.4 Å². The van der Waals surface area contributed by atoms with Crippen molar-refractivity contribution < 1.29 is 9.59 Å². The van der Waals surface area contributed by atoms with Crippen LogP contribution >= 0.6 is 11.3 Å². The van der Waals surface area contributed by atoms with Crippen LogP contribution in [0.1, 0.15) is 72.8 Å². The molecule has 10 heteroatoms. The molecule has 3 N–H and O–H groups in total. The van der Waals surface area contributed by atoms with E-state index in [1.165, 1.54) is 17.7 Å². The fraction of sp³-hybridized carbons (Fsp3) is 0.577. The van der Waals surface area contributed by atoms with Crippen LogP contribution in [0.2, 0.25) is 0 Å². The Bertz CT molecular complexity index is 1250. The van der Waals surface area contributed by atoms with Crippen LogP contribution in [0.15, 0.2) is 23.1 Å². The maximum atomic E-state index is 13.4. The van der Waals surface area contributed by atoms with Gasteiger partial charge in [0.25, 0.3) is 11.9 Å². The number of allylic oxidation sites excluding steroid dienone is 2. The Balaban J connectivity index is 1.29. The number of fused-ring (bicyclic) bond motifs is 1. The first-order valence-electron chi connectivity index (χ1n) is 13.1.